The number of para-hydroxylation sites is 1. The van der Waals surface area contributed by atoms with Gasteiger partial charge in [0.25, 0.3) is 0 Å². The number of amides is 2. The van der Waals surface area contributed by atoms with Crippen LogP contribution in [0, 0.1) is 6.92 Å². The minimum absolute atomic E-state index is 0.240. The summed E-state index contributed by atoms with van der Waals surface area (Å²) >= 11 is 0. The fourth-order valence-corrected chi connectivity index (χ4v) is 3.91. The molecule has 0 bridgehead atoms. The Morgan fingerprint density at radius 3 is 2.55 bits per heavy atom. The maximum atomic E-state index is 13.2. The molecule has 29 heavy (non-hydrogen) atoms. The van der Waals surface area contributed by atoms with Crippen molar-refractivity contribution in [2.75, 3.05) is 29.9 Å². The Labute approximate surface area is 166 Å². The second-order valence-corrected chi connectivity index (χ2v) is 7.36. The van der Waals surface area contributed by atoms with Crippen LogP contribution in [-0.4, -0.2) is 40.5 Å². The van der Waals surface area contributed by atoms with E-state index in [1.165, 1.54) is 23.1 Å². The molecule has 2 aliphatic rings. The highest BCUT2D eigenvalue weighted by Crippen LogP contribution is 2.35. The van der Waals surface area contributed by atoms with E-state index in [0.717, 1.165) is 49.1 Å². The smallest absolute Gasteiger partial charge is 0.356 e. The molecule has 0 saturated carbocycles. The zero-order chi connectivity index (χ0) is 20.6. The summed E-state index contributed by atoms with van der Waals surface area (Å²) in [6.07, 6.45) is -1.80. The number of nitrogens with one attached hydrogen (secondary N) is 1. The minimum Gasteiger partial charge on any atom is -0.356 e. The first-order valence-corrected chi connectivity index (χ1v) is 9.66. The van der Waals surface area contributed by atoms with Crippen molar-refractivity contribution in [3.8, 4) is 0 Å². The quantitative estimate of drug-likeness (QED) is 0.821. The zero-order valence-electron chi connectivity index (χ0n) is 16.1. The molecule has 4 rings (SSSR count). The number of rotatable bonds is 2. The van der Waals surface area contributed by atoms with Gasteiger partial charge >= 0.3 is 12.2 Å². The van der Waals surface area contributed by atoms with E-state index in [1.54, 1.807) is 0 Å². The highest BCUT2D eigenvalue weighted by atomic mass is 19.4. The minimum atomic E-state index is -4.54. The molecule has 1 aromatic carbocycles. The van der Waals surface area contributed by atoms with Gasteiger partial charge in [-0.05, 0) is 31.9 Å². The predicted octanol–water partition coefficient (Wildman–Crippen LogP) is 3.99. The maximum absolute atomic E-state index is 13.2. The largest absolute Gasteiger partial charge is 0.418 e. The summed E-state index contributed by atoms with van der Waals surface area (Å²) in [5, 5.41) is 2.43. The Bertz CT molecular complexity index is 925. The lowest BCUT2D eigenvalue weighted by atomic mass is 10.1. The summed E-state index contributed by atoms with van der Waals surface area (Å²) in [5.74, 6) is 1.54. The lowest BCUT2D eigenvalue weighted by molar-refractivity contribution is -0.136. The molecule has 9 heteroatoms. The van der Waals surface area contributed by atoms with Crippen LogP contribution in [0.5, 0.6) is 0 Å². The highest BCUT2D eigenvalue weighted by Gasteiger charge is 2.34. The topological polar surface area (TPSA) is 61.4 Å². The molecule has 2 amide bonds. The van der Waals surface area contributed by atoms with Gasteiger partial charge < -0.3 is 15.1 Å². The predicted molar refractivity (Wildman–Crippen MR) is 103 cm³/mol. The SMILES string of the molecule is Cc1nc2c(c(N3CCCC3)n1)CN(C(=O)Nc1ccccc1C(F)(F)F)CC2. The van der Waals surface area contributed by atoms with E-state index in [0.29, 0.717) is 18.8 Å². The Hall–Kier alpha value is -2.84. The molecule has 1 fully saturated rings. The van der Waals surface area contributed by atoms with Gasteiger partial charge in [-0.25, -0.2) is 14.8 Å². The molecule has 1 aromatic heterocycles. The summed E-state index contributed by atoms with van der Waals surface area (Å²) in [6.45, 7) is 4.35. The number of aryl methyl sites for hydroxylation is 1. The number of alkyl halides is 3. The normalized spacial score (nSPS) is 16.7. The van der Waals surface area contributed by atoms with Crippen molar-refractivity contribution >= 4 is 17.5 Å². The van der Waals surface area contributed by atoms with Gasteiger partial charge in [-0.1, -0.05) is 12.1 Å². The number of anilines is 2. The molecule has 1 saturated heterocycles. The van der Waals surface area contributed by atoms with Crippen molar-refractivity contribution < 1.29 is 18.0 Å². The van der Waals surface area contributed by atoms with E-state index in [1.807, 2.05) is 6.92 Å². The lowest BCUT2D eigenvalue weighted by Crippen LogP contribution is -2.40. The molecule has 6 nitrogen and oxygen atoms in total. The van der Waals surface area contributed by atoms with Gasteiger partial charge in [0.2, 0.25) is 0 Å². The van der Waals surface area contributed by atoms with Crippen LogP contribution in [0.4, 0.5) is 29.5 Å². The summed E-state index contributed by atoms with van der Waals surface area (Å²) in [7, 11) is 0. The Morgan fingerprint density at radius 2 is 1.83 bits per heavy atom. The van der Waals surface area contributed by atoms with Gasteiger partial charge in [-0.2, -0.15) is 13.2 Å². The fraction of sp³-hybridized carbons (Fsp3) is 0.450. The van der Waals surface area contributed by atoms with Crippen molar-refractivity contribution in [2.24, 2.45) is 0 Å². The van der Waals surface area contributed by atoms with E-state index in [2.05, 4.69) is 20.2 Å². The molecular formula is C20H22F3N5O. The molecule has 2 aromatic rings. The average Bonchev–Trinajstić information content (AvgIpc) is 3.21. The summed E-state index contributed by atoms with van der Waals surface area (Å²) in [6, 6.07) is 4.44. The number of urea groups is 1. The third kappa shape index (κ3) is 3.99. The molecule has 154 valence electrons. The Morgan fingerprint density at radius 1 is 1.10 bits per heavy atom. The van der Waals surface area contributed by atoms with E-state index in [4.69, 9.17) is 0 Å². The molecule has 2 aliphatic heterocycles. The van der Waals surface area contributed by atoms with Crippen molar-refractivity contribution in [3.05, 3.63) is 46.9 Å². The van der Waals surface area contributed by atoms with E-state index < -0.39 is 17.8 Å². The number of carbonyl (C=O) groups excluding carboxylic acids is 1. The fourth-order valence-electron chi connectivity index (χ4n) is 3.91. The van der Waals surface area contributed by atoms with Gasteiger partial charge in [0.15, 0.2) is 0 Å². The zero-order valence-corrected chi connectivity index (χ0v) is 16.1. The van der Waals surface area contributed by atoms with Crippen molar-refractivity contribution in [1.82, 2.24) is 14.9 Å². The first kappa shape index (κ1) is 19.5. The number of halogens is 3. The number of benzene rings is 1. The first-order valence-electron chi connectivity index (χ1n) is 9.66. The summed E-state index contributed by atoms with van der Waals surface area (Å²) in [4.78, 5) is 25.6. The van der Waals surface area contributed by atoms with Crippen LogP contribution in [-0.2, 0) is 19.1 Å². The first-order chi connectivity index (χ1) is 13.8. The monoisotopic (exact) mass is 405 g/mol. The van der Waals surface area contributed by atoms with Crippen LogP contribution in [0.25, 0.3) is 0 Å². The summed E-state index contributed by atoms with van der Waals surface area (Å²) < 4.78 is 39.6. The standard InChI is InChI=1S/C20H22F3N5O/c1-13-24-16-8-11-28(12-14(16)18(25-13)27-9-4-5-10-27)19(29)26-17-7-3-2-6-15(17)20(21,22)23/h2-3,6-7H,4-5,8-12H2,1H3,(H,26,29). The van der Waals surface area contributed by atoms with Crippen molar-refractivity contribution in [1.29, 1.82) is 0 Å². The van der Waals surface area contributed by atoms with E-state index in [9.17, 15) is 18.0 Å². The molecule has 1 N–H and O–H groups in total. The molecule has 0 spiro atoms. The van der Waals surface area contributed by atoms with Crippen LogP contribution in [0.3, 0.4) is 0 Å². The molecular weight excluding hydrogens is 383 g/mol. The molecule has 3 heterocycles. The van der Waals surface area contributed by atoms with Gasteiger partial charge in [0.05, 0.1) is 23.5 Å². The molecule has 0 unspecified atom stereocenters. The summed E-state index contributed by atoms with van der Waals surface area (Å²) in [5.41, 5.74) is 0.709. The third-order valence-electron chi connectivity index (χ3n) is 5.32. The van der Waals surface area contributed by atoms with Gasteiger partial charge in [-0.15, -0.1) is 0 Å². The second kappa shape index (κ2) is 7.53. The van der Waals surface area contributed by atoms with Crippen LogP contribution >= 0.6 is 0 Å². The Kier molecular flexibility index (Phi) is 5.06. The van der Waals surface area contributed by atoms with Crippen molar-refractivity contribution in [2.45, 2.75) is 38.9 Å². The van der Waals surface area contributed by atoms with Crippen LogP contribution in [0.15, 0.2) is 24.3 Å². The molecule has 0 radical (unpaired) electrons. The maximum Gasteiger partial charge on any atom is 0.418 e. The molecule has 0 aliphatic carbocycles. The van der Waals surface area contributed by atoms with E-state index >= 15 is 0 Å². The number of hydrogen-bond donors (Lipinski definition) is 1. The third-order valence-corrected chi connectivity index (χ3v) is 5.32. The lowest BCUT2D eigenvalue weighted by Gasteiger charge is -2.32. The van der Waals surface area contributed by atoms with Crippen LogP contribution in [0.1, 0.15) is 35.5 Å². The number of aromatic nitrogens is 2. The number of carbonyl (C=O) groups is 1. The number of fused-ring (bicyclic) bond motifs is 1. The van der Waals surface area contributed by atoms with Crippen LogP contribution < -0.4 is 10.2 Å². The van der Waals surface area contributed by atoms with Gasteiger partial charge in [-0.3, -0.25) is 0 Å². The van der Waals surface area contributed by atoms with Gasteiger partial charge in [0, 0.05) is 31.6 Å². The average molecular weight is 405 g/mol. The molecule has 0 atom stereocenters. The number of nitrogens with zero attached hydrogens (tertiary/aromatic N) is 4. The van der Waals surface area contributed by atoms with Crippen LogP contribution in [0.2, 0.25) is 0 Å². The number of hydrogen-bond acceptors (Lipinski definition) is 4. The Balaban J connectivity index is 1.57. The van der Waals surface area contributed by atoms with Crippen molar-refractivity contribution in [3.63, 3.8) is 0 Å². The van der Waals surface area contributed by atoms with Gasteiger partial charge in [0.1, 0.15) is 11.6 Å². The highest BCUT2D eigenvalue weighted by molar-refractivity contribution is 5.90. The second-order valence-electron chi connectivity index (χ2n) is 7.36. The van der Waals surface area contributed by atoms with E-state index in [-0.39, 0.29) is 12.2 Å².